The van der Waals surface area contributed by atoms with Gasteiger partial charge in [-0.15, -0.1) is 0 Å². The summed E-state index contributed by atoms with van der Waals surface area (Å²) in [6.45, 7) is 4.44. The molecule has 0 spiro atoms. The van der Waals surface area contributed by atoms with Crippen LogP contribution in [0.4, 0.5) is 18.9 Å². The summed E-state index contributed by atoms with van der Waals surface area (Å²) in [6, 6.07) is 5.16. The molecule has 7 nitrogen and oxygen atoms in total. The van der Waals surface area contributed by atoms with Crippen molar-refractivity contribution in [1.29, 1.82) is 0 Å². The zero-order valence-corrected chi connectivity index (χ0v) is 18.5. The van der Waals surface area contributed by atoms with Gasteiger partial charge >= 0.3 is 0 Å². The summed E-state index contributed by atoms with van der Waals surface area (Å²) in [6.07, 6.45) is 1.87. The summed E-state index contributed by atoms with van der Waals surface area (Å²) < 4.78 is 63.4. The minimum absolute atomic E-state index is 0.105. The van der Waals surface area contributed by atoms with Crippen LogP contribution in [0.3, 0.4) is 0 Å². The van der Waals surface area contributed by atoms with E-state index in [9.17, 15) is 18.0 Å². The van der Waals surface area contributed by atoms with Crippen LogP contribution in [0, 0.1) is 17.5 Å². The van der Waals surface area contributed by atoms with Gasteiger partial charge in [0.2, 0.25) is 5.06 Å². The van der Waals surface area contributed by atoms with E-state index in [0.717, 1.165) is 41.9 Å². The average molecular weight is 479 g/mol. The number of carbonyl (C=O) groups is 1. The van der Waals surface area contributed by atoms with Crippen LogP contribution in [-0.4, -0.2) is 40.4 Å². The molecule has 0 aliphatic carbocycles. The Morgan fingerprint density at radius 1 is 1.21 bits per heavy atom. The van der Waals surface area contributed by atoms with Crippen molar-refractivity contribution in [2.24, 2.45) is 0 Å². The molecule has 3 aromatic rings. The van der Waals surface area contributed by atoms with E-state index < -0.39 is 40.4 Å². The first-order valence-electron chi connectivity index (χ1n) is 10.0. The number of carbonyl (C=O) groups excluding carboxylic acids is 1. The topological polar surface area (TPSA) is 82.6 Å². The Bertz CT molecular complexity index is 1150. The third-order valence-corrected chi connectivity index (χ3v) is 5.52. The van der Waals surface area contributed by atoms with Crippen LogP contribution in [0.5, 0.6) is 5.06 Å². The van der Waals surface area contributed by atoms with Crippen molar-refractivity contribution in [2.75, 3.05) is 18.5 Å². The van der Waals surface area contributed by atoms with Crippen LogP contribution in [-0.2, 0) is 9.47 Å². The number of amides is 1. The molecule has 1 N–H and O–H groups in total. The van der Waals surface area contributed by atoms with Gasteiger partial charge in [0.1, 0.15) is 34.5 Å². The first kappa shape index (κ1) is 23.1. The summed E-state index contributed by atoms with van der Waals surface area (Å²) in [4.78, 5) is 16.5. The van der Waals surface area contributed by atoms with E-state index in [2.05, 4.69) is 14.7 Å². The van der Waals surface area contributed by atoms with Crippen LogP contribution in [0.1, 0.15) is 30.8 Å². The second-order valence-electron chi connectivity index (χ2n) is 7.69. The molecule has 2 aromatic heterocycles. The normalized spacial score (nSPS) is 17.2. The van der Waals surface area contributed by atoms with Gasteiger partial charge < -0.3 is 19.5 Å². The van der Waals surface area contributed by atoms with Crippen LogP contribution < -0.4 is 10.1 Å². The van der Waals surface area contributed by atoms with Gasteiger partial charge in [-0.25, -0.2) is 18.2 Å². The Labute approximate surface area is 191 Å². The number of rotatable bonds is 7. The molecule has 174 valence electrons. The quantitative estimate of drug-likeness (QED) is 0.525. The molecule has 0 radical (unpaired) electrons. The molecule has 1 amide bonds. The van der Waals surface area contributed by atoms with Gasteiger partial charge in [-0.1, -0.05) is 6.07 Å². The van der Waals surface area contributed by atoms with E-state index >= 15 is 0 Å². The minimum atomic E-state index is -0.989. The Hall–Kier alpha value is -3.02. The van der Waals surface area contributed by atoms with E-state index in [0.29, 0.717) is 30.4 Å². The Balaban J connectivity index is 1.44. The fourth-order valence-electron chi connectivity index (χ4n) is 3.26. The van der Waals surface area contributed by atoms with Crippen LogP contribution in [0.2, 0.25) is 0 Å². The predicted octanol–water partition coefficient (Wildman–Crippen LogP) is 4.80. The molecular formula is C22H20F3N3O4S. The molecule has 33 heavy (non-hydrogen) atoms. The number of aromatic nitrogens is 2. The Kier molecular flexibility index (Phi) is 6.63. The summed E-state index contributed by atoms with van der Waals surface area (Å²) in [7, 11) is 0. The maximum Gasteiger partial charge on any atom is 0.274 e. The lowest BCUT2D eigenvalue weighted by Gasteiger charge is -2.17. The molecule has 4 rings (SSSR count). The van der Waals surface area contributed by atoms with Gasteiger partial charge in [0.25, 0.3) is 5.91 Å². The highest BCUT2D eigenvalue weighted by Gasteiger charge is 2.32. The summed E-state index contributed by atoms with van der Waals surface area (Å²) in [5.74, 6) is -4.28. The molecule has 1 saturated heterocycles. The highest BCUT2D eigenvalue weighted by Crippen LogP contribution is 2.31. The highest BCUT2D eigenvalue weighted by atomic mass is 32.1. The first-order valence-corrected chi connectivity index (χ1v) is 10.8. The van der Waals surface area contributed by atoms with Crippen molar-refractivity contribution in [3.05, 3.63) is 59.7 Å². The molecule has 1 atom stereocenters. The number of hydrogen-bond donors (Lipinski definition) is 1. The Morgan fingerprint density at radius 3 is 2.67 bits per heavy atom. The fraction of sp³-hybridized carbons (Fsp3) is 0.318. The number of hydrogen-bond acceptors (Lipinski definition) is 7. The minimum Gasteiger partial charge on any atom is -0.481 e. The molecular weight excluding hydrogens is 459 g/mol. The summed E-state index contributed by atoms with van der Waals surface area (Å²) in [5, 5.41) is 2.95. The van der Waals surface area contributed by atoms with Crippen LogP contribution in [0.15, 0.2) is 36.5 Å². The van der Waals surface area contributed by atoms with Crippen molar-refractivity contribution in [3.63, 3.8) is 0 Å². The molecule has 1 fully saturated rings. The predicted molar refractivity (Wildman–Crippen MR) is 115 cm³/mol. The van der Waals surface area contributed by atoms with Crippen molar-refractivity contribution >= 4 is 23.1 Å². The fourth-order valence-corrected chi connectivity index (χ4v) is 3.85. The highest BCUT2D eigenvalue weighted by molar-refractivity contribution is 7.08. The number of ether oxygens (including phenoxy) is 3. The first-order chi connectivity index (χ1) is 15.7. The van der Waals surface area contributed by atoms with Gasteiger partial charge in [0.05, 0.1) is 31.1 Å². The maximum atomic E-state index is 14.3. The molecule has 1 aliphatic heterocycles. The SMILES string of the molecule is CC1(C)OCC(CCOc2sncc2NC(=O)c2ccc(F)c(-c3c(F)cccc3F)n2)O1. The van der Waals surface area contributed by atoms with Crippen molar-refractivity contribution in [3.8, 4) is 16.3 Å². The number of halogens is 3. The monoisotopic (exact) mass is 479 g/mol. The lowest BCUT2D eigenvalue weighted by Crippen LogP contribution is -2.22. The van der Waals surface area contributed by atoms with Crippen LogP contribution in [0.25, 0.3) is 11.3 Å². The molecule has 3 heterocycles. The van der Waals surface area contributed by atoms with Crippen LogP contribution >= 0.6 is 11.5 Å². The zero-order chi connectivity index (χ0) is 23.6. The molecule has 1 aliphatic rings. The van der Waals surface area contributed by atoms with Gasteiger partial charge in [0.15, 0.2) is 5.79 Å². The summed E-state index contributed by atoms with van der Waals surface area (Å²) in [5.41, 5.74) is -1.18. The second kappa shape index (κ2) is 9.46. The second-order valence-corrected chi connectivity index (χ2v) is 8.46. The molecule has 0 saturated carbocycles. The van der Waals surface area contributed by atoms with E-state index in [-0.39, 0.29) is 11.8 Å². The molecule has 0 bridgehead atoms. The number of pyridine rings is 1. The van der Waals surface area contributed by atoms with E-state index in [1.54, 1.807) is 0 Å². The summed E-state index contributed by atoms with van der Waals surface area (Å²) >= 11 is 1.04. The standard InChI is InChI=1S/C22H20F3N3O4S/c1-22(2)31-11-12(32-22)8-9-30-21-17(10-26-33-21)28-20(29)16-7-6-15(25)19(27-16)18-13(23)4-3-5-14(18)24/h3-7,10,12H,8-9,11H2,1-2H3,(H,28,29). The van der Waals surface area contributed by atoms with E-state index in [1.165, 1.54) is 6.20 Å². The van der Waals surface area contributed by atoms with E-state index in [4.69, 9.17) is 14.2 Å². The lowest BCUT2D eigenvalue weighted by atomic mass is 10.1. The number of anilines is 1. The van der Waals surface area contributed by atoms with Gasteiger partial charge in [-0.05, 0) is 38.1 Å². The van der Waals surface area contributed by atoms with Crippen molar-refractivity contribution < 1.29 is 32.2 Å². The number of benzene rings is 1. The smallest absolute Gasteiger partial charge is 0.274 e. The number of nitrogens with zero attached hydrogens (tertiary/aromatic N) is 2. The third-order valence-electron chi connectivity index (χ3n) is 4.80. The van der Waals surface area contributed by atoms with Gasteiger partial charge in [-0.2, -0.15) is 4.37 Å². The largest absolute Gasteiger partial charge is 0.481 e. The maximum absolute atomic E-state index is 14.3. The lowest BCUT2D eigenvalue weighted by molar-refractivity contribution is -0.139. The zero-order valence-electron chi connectivity index (χ0n) is 17.7. The molecule has 1 aromatic carbocycles. The van der Waals surface area contributed by atoms with Crippen molar-refractivity contribution in [1.82, 2.24) is 9.36 Å². The molecule has 11 heteroatoms. The number of nitrogens with one attached hydrogen (secondary N) is 1. The molecule has 1 unspecified atom stereocenters. The third kappa shape index (κ3) is 5.32. The van der Waals surface area contributed by atoms with E-state index in [1.807, 2.05) is 13.8 Å². The Morgan fingerprint density at radius 2 is 1.97 bits per heavy atom. The average Bonchev–Trinajstić information content (AvgIpc) is 3.34. The van der Waals surface area contributed by atoms with Gasteiger partial charge in [-0.3, -0.25) is 4.79 Å². The van der Waals surface area contributed by atoms with Gasteiger partial charge in [0, 0.05) is 18.0 Å². The van der Waals surface area contributed by atoms with Crippen molar-refractivity contribution in [2.45, 2.75) is 32.2 Å².